The number of hydrogen-bond donors (Lipinski definition) is 1. The fourth-order valence-electron chi connectivity index (χ4n) is 3.00. The summed E-state index contributed by atoms with van der Waals surface area (Å²) in [5.74, 6) is 0. The van der Waals surface area contributed by atoms with Crippen molar-refractivity contribution in [3.8, 4) is 0 Å². The maximum absolute atomic E-state index is 12.3. The number of anilines is 1. The summed E-state index contributed by atoms with van der Waals surface area (Å²) in [4.78, 5) is 12.3. The number of rotatable bonds is 0. The summed E-state index contributed by atoms with van der Waals surface area (Å²) < 4.78 is 1.93. The first-order valence-corrected chi connectivity index (χ1v) is 6.85. The third-order valence-electron chi connectivity index (χ3n) is 4.09. The van der Waals surface area contributed by atoms with E-state index in [2.05, 4.69) is 24.3 Å². The second-order valence-corrected chi connectivity index (χ2v) is 5.40. The summed E-state index contributed by atoms with van der Waals surface area (Å²) in [6, 6.07) is 15.7. The molecule has 0 aliphatic rings. The van der Waals surface area contributed by atoms with Crippen LogP contribution in [0.4, 0.5) is 5.69 Å². The highest BCUT2D eigenvalue weighted by molar-refractivity contribution is 6.15. The second-order valence-electron chi connectivity index (χ2n) is 5.40. The number of aryl methyl sites for hydroxylation is 1. The lowest BCUT2D eigenvalue weighted by Crippen LogP contribution is -2.06. The molecule has 2 N–H and O–H groups in total. The Morgan fingerprint density at radius 3 is 2.33 bits per heavy atom. The van der Waals surface area contributed by atoms with E-state index in [-0.39, 0.29) is 5.43 Å². The predicted octanol–water partition coefficient (Wildman–Crippen LogP) is 3.43. The Bertz CT molecular complexity index is 1080. The van der Waals surface area contributed by atoms with Gasteiger partial charge in [0.05, 0.1) is 10.9 Å². The number of nitrogens with zero attached hydrogens (tertiary/aromatic N) is 1. The predicted molar refractivity (Wildman–Crippen MR) is 88.6 cm³/mol. The fourth-order valence-corrected chi connectivity index (χ4v) is 3.00. The van der Waals surface area contributed by atoms with E-state index < -0.39 is 0 Å². The van der Waals surface area contributed by atoms with Crippen molar-refractivity contribution in [2.24, 2.45) is 7.05 Å². The van der Waals surface area contributed by atoms with Gasteiger partial charge in [0.2, 0.25) is 0 Å². The number of aromatic nitrogens is 1. The summed E-state index contributed by atoms with van der Waals surface area (Å²) in [5, 5.41) is 4.83. The van der Waals surface area contributed by atoms with Crippen molar-refractivity contribution in [3.63, 3.8) is 0 Å². The number of benzene rings is 3. The average molecular weight is 274 g/mol. The molecule has 0 amide bonds. The fraction of sp³-hybridized carbons (Fsp3) is 0.0556. The van der Waals surface area contributed by atoms with Gasteiger partial charge in [0.15, 0.2) is 5.43 Å². The molecule has 4 rings (SSSR count). The van der Waals surface area contributed by atoms with Crippen molar-refractivity contribution >= 4 is 38.1 Å². The van der Waals surface area contributed by atoms with Crippen LogP contribution in [0, 0.1) is 0 Å². The third-order valence-corrected chi connectivity index (χ3v) is 4.09. The van der Waals surface area contributed by atoms with Crippen molar-refractivity contribution < 1.29 is 0 Å². The van der Waals surface area contributed by atoms with Gasteiger partial charge in [0, 0.05) is 30.4 Å². The van der Waals surface area contributed by atoms with Crippen LogP contribution in [0.1, 0.15) is 0 Å². The van der Waals surface area contributed by atoms with Gasteiger partial charge < -0.3 is 10.3 Å². The van der Waals surface area contributed by atoms with Crippen LogP contribution >= 0.6 is 0 Å². The van der Waals surface area contributed by atoms with Gasteiger partial charge in [-0.05, 0) is 34.4 Å². The van der Waals surface area contributed by atoms with E-state index in [0.29, 0.717) is 5.69 Å². The Balaban J connectivity index is 2.36. The number of pyridine rings is 1. The second kappa shape index (κ2) is 4.09. The van der Waals surface area contributed by atoms with Crippen LogP contribution < -0.4 is 11.2 Å². The van der Waals surface area contributed by atoms with Gasteiger partial charge in [-0.3, -0.25) is 4.79 Å². The molecule has 0 atom stereocenters. The number of nitrogens with two attached hydrogens (primary N) is 1. The van der Waals surface area contributed by atoms with Crippen LogP contribution in [0.3, 0.4) is 0 Å². The Hall–Kier alpha value is -2.81. The molecule has 3 heteroatoms. The Kier molecular flexibility index (Phi) is 2.33. The third kappa shape index (κ3) is 1.64. The maximum Gasteiger partial charge on any atom is 0.190 e. The topological polar surface area (TPSA) is 48.0 Å². The van der Waals surface area contributed by atoms with E-state index in [1.54, 1.807) is 12.3 Å². The van der Waals surface area contributed by atoms with Crippen LogP contribution in [0.15, 0.2) is 59.5 Å². The molecular weight excluding hydrogens is 260 g/mol. The van der Waals surface area contributed by atoms with Gasteiger partial charge in [-0.15, -0.1) is 0 Å². The molecule has 0 saturated carbocycles. The van der Waals surface area contributed by atoms with E-state index >= 15 is 0 Å². The molecule has 21 heavy (non-hydrogen) atoms. The first-order valence-electron chi connectivity index (χ1n) is 6.85. The molecule has 0 bridgehead atoms. The first kappa shape index (κ1) is 12.0. The van der Waals surface area contributed by atoms with Gasteiger partial charge in [0.1, 0.15) is 0 Å². The molecule has 0 radical (unpaired) electrons. The van der Waals surface area contributed by atoms with Gasteiger partial charge in [-0.2, -0.15) is 0 Å². The zero-order valence-corrected chi connectivity index (χ0v) is 11.6. The molecule has 0 saturated heterocycles. The highest BCUT2D eigenvalue weighted by atomic mass is 16.1. The minimum absolute atomic E-state index is 0.0309. The average Bonchev–Trinajstić information content (AvgIpc) is 2.49. The van der Waals surface area contributed by atoms with Crippen molar-refractivity contribution in [1.82, 2.24) is 4.57 Å². The Morgan fingerprint density at radius 2 is 1.62 bits per heavy atom. The molecule has 0 unspecified atom stereocenters. The minimum atomic E-state index is 0.0309. The minimum Gasteiger partial charge on any atom is -0.398 e. The molecule has 0 spiro atoms. The van der Waals surface area contributed by atoms with Crippen molar-refractivity contribution in [2.45, 2.75) is 0 Å². The molecule has 1 heterocycles. The van der Waals surface area contributed by atoms with Gasteiger partial charge in [0.25, 0.3) is 0 Å². The largest absolute Gasteiger partial charge is 0.398 e. The monoisotopic (exact) mass is 274 g/mol. The lowest BCUT2D eigenvalue weighted by Gasteiger charge is -2.11. The lowest BCUT2D eigenvalue weighted by atomic mass is 9.98. The number of hydrogen-bond acceptors (Lipinski definition) is 2. The summed E-state index contributed by atoms with van der Waals surface area (Å²) in [5.41, 5.74) is 7.81. The van der Waals surface area contributed by atoms with Crippen molar-refractivity contribution in [2.75, 3.05) is 5.73 Å². The van der Waals surface area contributed by atoms with E-state index in [1.165, 1.54) is 0 Å². The zero-order chi connectivity index (χ0) is 14.6. The molecule has 4 aromatic rings. The van der Waals surface area contributed by atoms with Crippen LogP contribution in [-0.2, 0) is 7.05 Å². The quantitative estimate of drug-likeness (QED) is 0.303. The van der Waals surface area contributed by atoms with Gasteiger partial charge >= 0.3 is 0 Å². The Labute approximate surface area is 121 Å². The molecule has 0 aliphatic heterocycles. The molecule has 3 nitrogen and oxygen atoms in total. The highest BCUT2D eigenvalue weighted by Crippen LogP contribution is 2.31. The first-order chi connectivity index (χ1) is 10.1. The van der Waals surface area contributed by atoms with E-state index in [9.17, 15) is 4.79 Å². The van der Waals surface area contributed by atoms with Gasteiger partial charge in [-0.25, -0.2) is 0 Å². The Morgan fingerprint density at radius 1 is 0.952 bits per heavy atom. The SMILES string of the molecule is Cn1ccc(=O)c2c3cc4ccccc4cc3c(N)cc21. The van der Waals surface area contributed by atoms with E-state index in [1.807, 2.05) is 29.8 Å². The smallest absolute Gasteiger partial charge is 0.190 e. The maximum atomic E-state index is 12.3. The molecule has 102 valence electrons. The van der Waals surface area contributed by atoms with Crippen molar-refractivity contribution in [3.05, 3.63) is 65.0 Å². The van der Waals surface area contributed by atoms with Crippen LogP contribution in [0.25, 0.3) is 32.4 Å². The highest BCUT2D eigenvalue weighted by Gasteiger charge is 2.10. The summed E-state index contributed by atoms with van der Waals surface area (Å²) >= 11 is 0. The molecule has 3 aromatic carbocycles. The molecule has 0 fully saturated rings. The molecular formula is C18H14N2O. The normalized spacial score (nSPS) is 11.5. The number of nitrogen functional groups attached to an aromatic ring is 1. The van der Waals surface area contributed by atoms with Crippen LogP contribution in [0.2, 0.25) is 0 Å². The summed E-state index contributed by atoms with van der Waals surface area (Å²) in [7, 11) is 1.92. The van der Waals surface area contributed by atoms with Crippen LogP contribution in [0.5, 0.6) is 0 Å². The van der Waals surface area contributed by atoms with E-state index in [0.717, 1.165) is 32.4 Å². The van der Waals surface area contributed by atoms with Crippen molar-refractivity contribution in [1.29, 1.82) is 0 Å². The lowest BCUT2D eigenvalue weighted by molar-refractivity contribution is 0.952. The standard InChI is InChI=1S/C18H14N2O/c1-20-7-6-17(21)18-14-9-12-5-3-2-4-11(12)8-13(14)15(19)10-16(18)20/h2-10H,19H2,1H3. The molecule has 0 aliphatic carbocycles. The van der Waals surface area contributed by atoms with Gasteiger partial charge in [-0.1, -0.05) is 24.3 Å². The number of fused-ring (bicyclic) bond motifs is 4. The van der Waals surface area contributed by atoms with Crippen LogP contribution in [-0.4, -0.2) is 4.57 Å². The summed E-state index contributed by atoms with van der Waals surface area (Å²) in [6.07, 6.45) is 1.77. The van der Waals surface area contributed by atoms with E-state index in [4.69, 9.17) is 5.73 Å². The summed E-state index contributed by atoms with van der Waals surface area (Å²) in [6.45, 7) is 0. The molecule has 1 aromatic heterocycles. The zero-order valence-electron chi connectivity index (χ0n) is 11.6.